The van der Waals surface area contributed by atoms with Gasteiger partial charge in [0.05, 0.1) is 5.69 Å². The van der Waals surface area contributed by atoms with Gasteiger partial charge in [-0.2, -0.15) is 5.10 Å². The Morgan fingerprint density at radius 3 is 2.71 bits per heavy atom. The maximum atomic E-state index is 12.3. The zero-order valence-corrected chi connectivity index (χ0v) is 10.4. The first-order valence-corrected chi connectivity index (χ1v) is 5.76. The minimum Gasteiger partial charge on any atom is -0.287 e. The summed E-state index contributed by atoms with van der Waals surface area (Å²) in [7, 11) is 1.80. The first kappa shape index (κ1) is 11.6. The molecular formula is C14H16N2O. The molecule has 0 unspecified atom stereocenters. The van der Waals surface area contributed by atoms with Crippen LogP contribution in [0.15, 0.2) is 30.3 Å². The van der Waals surface area contributed by atoms with Crippen molar-refractivity contribution in [3.05, 3.63) is 52.8 Å². The summed E-state index contributed by atoms with van der Waals surface area (Å²) >= 11 is 0. The number of nitrogens with zero attached hydrogens (tertiary/aromatic N) is 2. The predicted molar refractivity (Wildman–Crippen MR) is 67.2 cm³/mol. The summed E-state index contributed by atoms with van der Waals surface area (Å²) in [5.41, 5.74) is 3.40. The first-order valence-electron chi connectivity index (χ1n) is 5.76. The van der Waals surface area contributed by atoms with Crippen LogP contribution >= 0.6 is 0 Å². The van der Waals surface area contributed by atoms with Gasteiger partial charge in [-0.3, -0.25) is 9.48 Å². The van der Waals surface area contributed by atoms with E-state index in [9.17, 15) is 4.79 Å². The number of carbonyl (C=O) groups excluding carboxylic acids is 1. The van der Waals surface area contributed by atoms with Crippen LogP contribution in [-0.4, -0.2) is 15.6 Å². The van der Waals surface area contributed by atoms with Crippen molar-refractivity contribution in [3.63, 3.8) is 0 Å². The van der Waals surface area contributed by atoms with Crippen molar-refractivity contribution in [3.8, 4) is 0 Å². The van der Waals surface area contributed by atoms with Crippen molar-refractivity contribution in [1.82, 2.24) is 9.78 Å². The highest BCUT2D eigenvalue weighted by molar-refractivity contribution is 6.08. The molecule has 0 amide bonds. The fraction of sp³-hybridized carbons (Fsp3) is 0.286. The van der Waals surface area contributed by atoms with E-state index in [1.165, 1.54) is 5.56 Å². The Hall–Kier alpha value is -1.90. The third kappa shape index (κ3) is 2.28. The van der Waals surface area contributed by atoms with E-state index in [0.717, 1.165) is 17.7 Å². The Bertz CT molecular complexity index is 555. The molecule has 1 aromatic heterocycles. The molecule has 3 heteroatoms. The van der Waals surface area contributed by atoms with Gasteiger partial charge in [0.15, 0.2) is 0 Å². The minimum absolute atomic E-state index is 0.0309. The molecule has 1 aromatic carbocycles. The minimum atomic E-state index is 0.0309. The van der Waals surface area contributed by atoms with Crippen LogP contribution in [0.1, 0.15) is 34.2 Å². The van der Waals surface area contributed by atoms with Gasteiger partial charge >= 0.3 is 0 Å². The molecule has 0 aliphatic carbocycles. The lowest BCUT2D eigenvalue weighted by Crippen LogP contribution is -2.08. The Labute approximate surface area is 101 Å². The third-order valence-corrected chi connectivity index (χ3v) is 2.83. The van der Waals surface area contributed by atoms with Crippen LogP contribution in [0.2, 0.25) is 0 Å². The van der Waals surface area contributed by atoms with E-state index < -0.39 is 0 Å². The highest BCUT2D eigenvalue weighted by Crippen LogP contribution is 2.12. The van der Waals surface area contributed by atoms with Gasteiger partial charge in [0.1, 0.15) is 5.69 Å². The maximum Gasteiger partial charge on any atom is 0.211 e. The molecular weight excluding hydrogens is 212 g/mol. The molecule has 0 radical (unpaired) electrons. The molecule has 2 aromatic rings. The summed E-state index contributed by atoms with van der Waals surface area (Å²) in [4.78, 5) is 12.3. The average Bonchev–Trinajstić information content (AvgIpc) is 2.67. The smallest absolute Gasteiger partial charge is 0.211 e. The molecule has 0 saturated carbocycles. The molecule has 2 rings (SSSR count). The van der Waals surface area contributed by atoms with Crippen LogP contribution in [0.25, 0.3) is 0 Å². The van der Waals surface area contributed by atoms with Crippen LogP contribution in [0.3, 0.4) is 0 Å². The molecule has 0 atom stereocenters. The second-order valence-corrected chi connectivity index (χ2v) is 4.18. The highest BCUT2D eigenvalue weighted by atomic mass is 16.1. The van der Waals surface area contributed by atoms with E-state index in [2.05, 4.69) is 12.0 Å². The lowest BCUT2D eigenvalue weighted by Gasteiger charge is -2.03. The SMILES string of the molecule is CCc1cccc(C(=O)c2cc(C)nn2C)c1. The van der Waals surface area contributed by atoms with Gasteiger partial charge in [-0.25, -0.2) is 0 Å². The standard InChI is InChI=1S/C14H16N2O/c1-4-11-6-5-7-12(9-11)14(17)13-8-10(2)15-16(13)3/h5-9H,4H2,1-3H3. The Morgan fingerprint density at radius 2 is 2.12 bits per heavy atom. The molecule has 0 aliphatic heterocycles. The van der Waals surface area contributed by atoms with Crippen LogP contribution in [0.5, 0.6) is 0 Å². The zero-order valence-electron chi connectivity index (χ0n) is 10.4. The van der Waals surface area contributed by atoms with Gasteiger partial charge in [0, 0.05) is 12.6 Å². The summed E-state index contributed by atoms with van der Waals surface area (Å²) in [5, 5.41) is 4.20. The number of carbonyl (C=O) groups is 1. The van der Waals surface area contributed by atoms with Gasteiger partial charge < -0.3 is 0 Å². The fourth-order valence-corrected chi connectivity index (χ4v) is 1.90. The van der Waals surface area contributed by atoms with Crippen LogP contribution in [-0.2, 0) is 13.5 Å². The van der Waals surface area contributed by atoms with Gasteiger partial charge in [-0.1, -0.05) is 25.1 Å². The molecule has 1 heterocycles. The summed E-state index contributed by atoms with van der Waals surface area (Å²) in [5.74, 6) is 0.0309. The lowest BCUT2D eigenvalue weighted by molar-refractivity contribution is 0.103. The van der Waals surface area contributed by atoms with Gasteiger partial charge in [-0.05, 0) is 31.0 Å². The summed E-state index contributed by atoms with van der Waals surface area (Å²) in [6.07, 6.45) is 0.936. The van der Waals surface area contributed by atoms with E-state index in [1.807, 2.05) is 37.3 Å². The van der Waals surface area contributed by atoms with E-state index in [1.54, 1.807) is 11.7 Å². The molecule has 0 aliphatic rings. The summed E-state index contributed by atoms with van der Waals surface area (Å²) in [6.45, 7) is 3.97. The Morgan fingerprint density at radius 1 is 1.35 bits per heavy atom. The zero-order chi connectivity index (χ0) is 12.4. The van der Waals surface area contributed by atoms with Crippen LogP contribution in [0, 0.1) is 6.92 Å². The number of benzene rings is 1. The number of ketones is 1. The summed E-state index contributed by atoms with van der Waals surface area (Å²) in [6, 6.07) is 9.58. The normalized spacial score (nSPS) is 10.5. The van der Waals surface area contributed by atoms with Crippen LogP contribution < -0.4 is 0 Å². The molecule has 0 fully saturated rings. The first-order chi connectivity index (χ1) is 8.11. The Balaban J connectivity index is 2.40. The number of hydrogen-bond acceptors (Lipinski definition) is 2. The second kappa shape index (κ2) is 4.53. The topological polar surface area (TPSA) is 34.9 Å². The lowest BCUT2D eigenvalue weighted by atomic mass is 10.0. The number of aryl methyl sites for hydroxylation is 3. The van der Waals surface area contributed by atoms with Crippen molar-refractivity contribution in [1.29, 1.82) is 0 Å². The van der Waals surface area contributed by atoms with Crippen molar-refractivity contribution in [2.75, 3.05) is 0 Å². The van der Waals surface area contributed by atoms with Crippen LogP contribution in [0.4, 0.5) is 0 Å². The molecule has 3 nitrogen and oxygen atoms in total. The van der Waals surface area contributed by atoms with Gasteiger partial charge in [0.2, 0.25) is 5.78 Å². The van der Waals surface area contributed by atoms with E-state index >= 15 is 0 Å². The number of aromatic nitrogens is 2. The monoisotopic (exact) mass is 228 g/mol. The predicted octanol–water partition coefficient (Wildman–Crippen LogP) is 2.52. The third-order valence-electron chi connectivity index (χ3n) is 2.83. The molecule has 88 valence electrons. The highest BCUT2D eigenvalue weighted by Gasteiger charge is 2.14. The second-order valence-electron chi connectivity index (χ2n) is 4.18. The van der Waals surface area contributed by atoms with Crippen molar-refractivity contribution >= 4 is 5.78 Å². The van der Waals surface area contributed by atoms with Crippen molar-refractivity contribution in [2.24, 2.45) is 7.05 Å². The molecule has 17 heavy (non-hydrogen) atoms. The van der Waals surface area contributed by atoms with Crippen molar-refractivity contribution in [2.45, 2.75) is 20.3 Å². The fourth-order valence-electron chi connectivity index (χ4n) is 1.90. The maximum absolute atomic E-state index is 12.3. The number of hydrogen-bond donors (Lipinski definition) is 0. The molecule has 0 spiro atoms. The molecule has 0 saturated heterocycles. The van der Waals surface area contributed by atoms with Crippen molar-refractivity contribution < 1.29 is 4.79 Å². The quantitative estimate of drug-likeness (QED) is 0.757. The largest absolute Gasteiger partial charge is 0.287 e. The number of rotatable bonds is 3. The Kier molecular flexibility index (Phi) is 3.09. The van der Waals surface area contributed by atoms with Gasteiger partial charge in [0.25, 0.3) is 0 Å². The average molecular weight is 228 g/mol. The molecule has 0 bridgehead atoms. The van der Waals surface area contributed by atoms with Gasteiger partial charge in [-0.15, -0.1) is 0 Å². The van der Waals surface area contributed by atoms with E-state index in [4.69, 9.17) is 0 Å². The molecule has 0 N–H and O–H groups in total. The van der Waals surface area contributed by atoms with E-state index in [0.29, 0.717) is 5.69 Å². The van der Waals surface area contributed by atoms with E-state index in [-0.39, 0.29) is 5.78 Å². The summed E-state index contributed by atoms with van der Waals surface area (Å²) < 4.78 is 1.64.